The van der Waals surface area contributed by atoms with Gasteiger partial charge in [-0.05, 0) is 56.6 Å². The molecule has 0 heterocycles. The van der Waals surface area contributed by atoms with Crippen molar-refractivity contribution in [3.8, 4) is 11.5 Å². The van der Waals surface area contributed by atoms with Gasteiger partial charge in [-0.2, -0.15) is 0 Å². The number of hydrogen-bond donors (Lipinski definition) is 2. The summed E-state index contributed by atoms with van der Waals surface area (Å²) in [5, 5.41) is 3.47. The number of benzene rings is 1. The zero-order chi connectivity index (χ0) is 14.6. The van der Waals surface area contributed by atoms with Gasteiger partial charge in [-0.1, -0.05) is 18.9 Å². The molecule has 1 rings (SSSR count). The van der Waals surface area contributed by atoms with Gasteiger partial charge < -0.3 is 20.5 Å². The molecule has 0 aromatic heterocycles. The van der Waals surface area contributed by atoms with E-state index in [0.29, 0.717) is 0 Å². The molecule has 1 aromatic carbocycles. The number of nitrogens with one attached hydrogen (secondary N) is 1. The van der Waals surface area contributed by atoms with Crippen molar-refractivity contribution in [1.29, 1.82) is 0 Å². The summed E-state index contributed by atoms with van der Waals surface area (Å²) in [7, 11) is 3.32. The molecule has 0 spiro atoms. The van der Waals surface area contributed by atoms with Crippen LogP contribution in [0.1, 0.15) is 31.2 Å². The lowest BCUT2D eigenvalue weighted by molar-refractivity contribution is 0.354. The quantitative estimate of drug-likeness (QED) is 0.611. The van der Waals surface area contributed by atoms with Gasteiger partial charge in [0, 0.05) is 0 Å². The fraction of sp³-hybridized carbons (Fsp3) is 0.625. The van der Waals surface area contributed by atoms with E-state index in [0.717, 1.165) is 44.0 Å². The molecule has 4 nitrogen and oxygen atoms in total. The second-order valence-corrected chi connectivity index (χ2v) is 4.89. The van der Waals surface area contributed by atoms with Crippen LogP contribution in [0.15, 0.2) is 18.2 Å². The Morgan fingerprint density at radius 1 is 0.950 bits per heavy atom. The number of methoxy groups -OCH3 is 2. The highest BCUT2D eigenvalue weighted by atomic mass is 16.5. The summed E-state index contributed by atoms with van der Waals surface area (Å²) in [5.74, 6) is 1.58. The predicted molar refractivity (Wildman–Crippen MR) is 83.6 cm³/mol. The largest absolute Gasteiger partial charge is 0.493 e. The summed E-state index contributed by atoms with van der Waals surface area (Å²) in [5.41, 5.74) is 6.73. The Labute approximate surface area is 122 Å². The van der Waals surface area contributed by atoms with Gasteiger partial charge in [-0.3, -0.25) is 0 Å². The van der Waals surface area contributed by atoms with E-state index < -0.39 is 0 Å². The fourth-order valence-corrected chi connectivity index (χ4v) is 2.14. The monoisotopic (exact) mass is 280 g/mol. The summed E-state index contributed by atoms with van der Waals surface area (Å²) < 4.78 is 10.5. The molecule has 20 heavy (non-hydrogen) atoms. The van der Waals surface area contributed by atoms with Gasteiger partial charge in [0.15, 0.2) is 11.5 Å². The first-order chi connectivity index (χ1) is 9.81. The number of rotatable bonds is 11. The highest BCUT2D eigenvalue weighted by Gasteiger charge is 2.04. The SMILES string of the molecule is COc1ccc(CCNCCCCCCN)cc1OC. The summed E-state index contributed by atoms with van der Waals surface area (Å²) in [6.45, 7) is 2.89. The third kappa shape index (κ3) is 6.26. The zero-order valence-corrected chi connectivity index (χ0v) is 12.8. The lowest BCUT2D eigenvalue weighted by Crippen LogP contribution is -2.18. The van der Waals surface area contributed by atoms with Gasteiger partial charge in [-0.15, -0.1) is 0 Å². The Kier molecular flexibility index (Phi) is 8.83. The van der Waals surface area contributed by atoms with E-state index in [1.54, 1.807) is 14.2 Å². The van der Waals surface area contributed by atoms with E-state index in [1.807, 2.05) is 12.1 Å². The van der Waals surface area contributed by atoms with Gasteiger partial charge >= 0.3 is 0 Å². The van der Waals surface area contributed by atoms with Crippen LogP contribution in [0.4, 0.5) is 0 Å². The van der Waals surface area contributed by atoms with Crippen LogP contribution in [0.2, 0.25) is 0 Å². The van der Waals surface area contributed by atoms with Crippen molar-refractivity contribution in [1.82, 2.24) is 5.32 Å². The second kappa shape index (κ2) is 10.5. The lowest BCUT2D eigenvalue weighted by atomic mass is 10.1. The predicted octanol–water partition coefficient (Wildman–Crippen LogP) is 2.36. The van der Waals surface area contributed by atoms with Crippen molar-refractivity contribution in [2.24, 2.45) is 5.73 Å². The maximum atomic E-state index is 5.46. The molecule has 1 aromatic rings. The Morgan fingerprint density at radius 2 is 1.70 bits per heavy atom. The molecule has 0 saturated heterocycles. The summed E-state index contributed by atoms with van der Waals surface area (Å²) in [4.78, 5) is 0. The Morgan fingerprint density at radius 3 is 2.40 bits per heavy atom. The molecule has 3 N–H and O–H groups in total. The standard InChI is InChI=1S/C16H28N2O2/c1-19-15-8-7-14(13-16(15)20-2)9-12-18-11-6-4-3-5-10-17/h7-8,13,18H,3-6,9-12,17H2,1-2H3. The molecule has 0 bridgehead atoms. The highest BCUT2D eigenvalue weighted by Crippen LogP contribution is 2.27. The second-order valence-electron chi connectivity index (χ2n) is 4.89. The normalized spacial score (nSPS) is 10.6. The van der Waals surface area contributed by atoms with Crippen molar-refractivity contribution in [2.75, 3.05) is 33.9 Å². The van der Waals surface area contributed by atoms with Crippen molar-refractivity contribution in [3.05, 3.63) is 23.8 Å². The van der Waals surface area contributed by atoms with Crippen molar-refractivity contribution < 1.29 is 9.47 Å². The molecule has 0 saturated carbocycles. The van der Waals surface area contributed by atoms with Gasteiger partial charge in [0.05, 0.1) is 14.2 Å². The smallest absolute Gasteiger partial charge is 0.160 e. The summed E-state index contributed by atoms with van der Waals surface area (Å²) in [6.07, 6.45) is 5.88. The van der Waals surface area contributed by atoms with Crippen LogP contribution in [0, 0.1) is 0 Å². The Bertz CT molecular complexity index is 369. The number of hydrogen-bond acceptors (Lipinski definition) is 4. The fourth-order valence-electron chi connectivity index (χ4n) is 2.14. The van der Waals surface area contributed by atoms with E-state index in [2.05, 4.69) is 11.4 Å². The molecular formula is C16H28N2O2. The van der Waals surface area contributed by atoms with Gasteiger partial charge in [0.1, 0.15) is 0 Å². The Balaban J connectivity index is 2.18. The third-order valence-electron chi connectivity index (χ3n) is 3.35. The maximum absolute atomic E-state index is 5.46. The average molecular weight is 280 g/mol. The van der Waals surface area contributed by atoms with E-state index in [1.165, 1.54) is 24.8 Å². The van der Waals surface area contributed by atoms with Crippen LogP contribution in [0.25, 0.3) is 0 Å². The van der Waals surface area contributed by atoms with E-state index in [4.69, 9.17) is 15.2 Å². The van der Waals surface area contributed by atoms with Crippen LogP contribution >= 0.6 is 0 Å². The van der Waals surface area contributed by atoms with Gasteiger partial charge in [0.25, 0.3) is 0 Å². The van der Waals surface area contributed by atoms with Crippen molar-refractivity contribution >= 4 is 0 Å². The zero-order valence-electron chi connectivity index (χ0n) is 12.8. The summed E-state index contributed by atoms with van der Waals surface area (Å²) >= 11 is 0. The number of nitrogens with two attached hydrogens (primary N) is 1. The first-order valence-electron chi connectivity index (χ1n) is 7.43. The minimum absolute atomic E-state index is 0.782. The molecule has 0 aliphatic rings. The van der Waals surface area contributed by atoms with Crippen molar-refractivity contribution in [2.45, 2.75) is 32.1 Å². The van der Waals surface area contributed by atoms with Crippen LogP contribution < -0.4 is 20.5 Å². The first-order valence-corrected chi connectivity index (χ1v) is 7.43. The van der Waals surface area contributed by atoms with E-state index in [9.17, 15) is 0 Å². The van der Waals surface area contributed by atoms with Crippen LogP contribution in [0.3, 0.4) is 0 Å². The Hall–Kier alpha value is -1.26. The number of unbranched alkanes of at least 4 members (excludes halogenated alkanes) is 3. The molecular weight excluding hydrogens is 252 g/mol. The van der Waals surface area contributed by atoms with Gasteiger partial charge in [0.2, 0.25) is 0 Å². The average Bonchev–Trinajstić information content (AvgIpc) is 2.49. The van der Waals surface area contributed by atoms with Crippen LogP contribution in [-0.2, 0) is 6.42 Å². The molecule has 0 radical (unpaired) electrons. The molecule has 4 heteroatoms. The first kappa shape index (κ1) is 16.8. The van der Waals surface area contributed by atoms with Crippen LogP contribution in [-0.4, -0.2) is 33.9 Å². The van der Waals surface area contributed by atoms with E-state index >= 15 is 0 Å². The molecule has 0 aliphatic carbocycles. The molecule has 114 valence electrons. The number of ether oxygens (including phenoxy) is 2. The third-order valence-corrected chi connectivity index (χ3v) is 3.35. The minimum Gasteiger partial charge on any atom is -0.493 e. The maximum Gasteiger partial charge on any atom is 0.160 e. The summed E-state index contributed by atoms with van der Waals surface area (Å²) in [6, 6.07) is 6.09. The van der Waals surface area contributed by atoms with E-state index in [-0.39, 0.29) is 0 Å². The highest BCUT2D eigenvalue weighted by molar-refractivity contribution is 5.42. The van der Waals surface area contributed by atoms with Crippen molar-refractivity contribution in [3.63, 3.8) is 0 Å². The van der Waals surface area contributed by atoms with Gasteiger partial charge in [-0.25, -0.2) is 0 Å². The molecule has 0 fully saturated rings. The lowest BCUT2D eigenvalue weighted by Gasteiger charge is -2.10. The molecule has 0 amide bonds. The molecule has 0 aliphatic heterocycles. The van der Waals surface area contributed by atoms with Crippen LogP contribution in [0.5, 0.6) is 11.5 Å². The molecule has 0 atom stereocenters. The topological polar surface area (TPSA) is 56.5 Å². The minimum atomic E-state index is 0.782. The molecule has 0 unspecified atom stereocenters.